The molecule has 0 atom stereocenters. The molecule has 2 rings (SSSR count). The van der Waals surface area contributed by atoms with Crippen molar-refractivity contribution in [1.29, 1.82) is 0 Å². The van der Waals surface area contributed by atoms with E-state index in [1.54, 1.807) is 0 Å². The number of aryl methyl sites for hydroxylation is 1. The van der Waals surface area contributed by atoms with Crippen LogP contribution in [-0.4, -0.2) is 20.6 Å². The van der Waals surface area contributed by atoms with Gasteiger partial charge in [-0.15, -0.1) is 0 Å². The second-order valence-electron chi connectivity index (χ2n) is 4.87. The number of aliphatic carboxylic acids is 1. The quantitative estimate of drug-likeness (QED) is 0.896. The van der Waals surface area contributed by atoms with Gasteiger partial charge in [0.1, 0.15) is 0 Å². The lowest BCUT2D eigenvalue weighted by Gasteiger charge is -2.12. The van der Waals surface area contributed by atoms with E-state index in [2.05, 4.69) is 23.4 Å². The van der Waals surface area contributed by atoms with Crippen molar-refractivity contribution in [2.24, 2.45) is 0 Å². The Hall–Kier alpha value is -2.10. The van der Waals surface area contributed by atoms with Crippen molar-refractivity contribution >= 4 is 5.97 Å². The Bertz CT molecular complexity index is 573. The molecule has 0 bridgehead atoms. The van der Waals surface area contributed by atoms with Gasteiger partial charge in [0, 0.05) is 18.0 Å². The van der Waals surface area contributed by atoms with E-state index in [-0.39, 0.29) is 6.42 Å². The van der Waals surface area contributed by atoms with E-state index in [9.17, 15) is 4.79 Å². The Labute approximate surface area is 112 Å². The molecular weight excluding hydrogens is 240 g/mol. The highest BCUT2D eigenvalue weighted by Crippen LogP contribution is 2.23. The Morgan fingerprint density at radius 2 is 2.21 bits per heavy atom. The molecule has 0 aliphatic rings. The molecule has 0 fully saturated rings. The van der Waals surface area contributed by atoms with E-state index in [4.69, 9.17) is 5.11 Å². The van der Waals surface area contributed by atoms with Gasteiger partial charge >= 0.3 is 5.97 Å². The summed E-state index contributed by atoms with van der Waals surface area (Å²) in [6.07, 6.45) is 4.38. The maximum Gasteiger partial charge on any atom is 0.303 e. The number of nitrogens with zero attached hydrogens (tertiary/aromatic N) is 2. The smallest absolute Gasteiger partial charge is 0.303 e. The molecule has 0 aliphatic heterocycles. The molecule has 4 heteroatoms. The van der Waals surface area contributed by atoms with E-state index in [1.165, 1.54) is 0 Å². The number of carboxylic acids is 1. The monoisotopic (exact) mass is 258 g/mol. The normalized spacial score (nSPS) is 10.9. The highest BCUT2D eigenvalue weighted by Gasteiger charge is 2.08. The summed E-state index contributed by atoms with van der Waals surface area (Å²) in [4.78, 5) is 14.8. The first-order valence-electron chi connectivity index (χ1n) is 6.41. The molecular formula is C15H18N2O2. The molecule has 0 saturated carbocycles. The molecule has 0 amide bonds. The number of benzene rings is 1. The molecule has 1 N–H and O–H groups in total. The second kappa shape index (κ2) is 5.69. The summed E-state index contributed by atoms with van der Waals surface area (Å²) >= 11 is 0. The van der Waals surface area contributed by atoms with Gasteiger partial charge in [0.05, 0.1) is 18.2 Å². The first-order valence-corrected chi connectivity index (χ1v) is 6.41. The summed E-state index contributed by atoms with van der Waals surface area (Å²) in [5.41, 5.74) is 3.18. The van der Waals surface area contributed by atoms with Gasteiger partial charge in [-0.2, -0.15) is 0 Å². The maximum absolute atomic E-state index is 10.6. The molecule has 0 saturated heterocycles. The fourth-order valence-electron chi connectivity index (χ4n) is 2.08. The highest BCUT2D eigenvalue weighted by atomic mass is 16.4. The third-order valence-electron chi connectivity index (χ3n) is 3.07. The van der Waals surface area contributed by atoms with Crippen LogP contribution < -0.4 is 0 Å². The van der Waals surface area contributed by atoms with Crippen molar-refractivity contribution in [3.63, 3.8) is 0 Å². The van der Waals surface area contributed by atoms with Crippen LogP contribution in [0, 0.1) is 0 Å². The molecule has 1 heterocycles. The van der Waals surface area contributed by atoms with Gasteiger partial charge < -0.3 is 9.67 Å². The Kier molecular flexibility index (Phi) is 4.00. The number of hydrogen-bond acceptors (Lipinski definition) is 2. The zero-order valence-electron chi connectivity index (χ0n) is 11.2. The lowest BCUT2D eigenvalue weighted by atomic mass is 10.0. The van der Waals surface area contributed by atoms with Gasteiger partial charge in [-0.25, -0.2) is 4.98 Å². The molecule has 0 unspecified atom stereocenters. The minimum Gasteiger partial charge on any atom is -0.481 e. The second-order valence-corrected chi connectivity index (χ2v) is 4.87. The summed E-state index contributed by atoms with van der Waals surface area (Å²) in [5, 5.41) is 8.73. The highest BCUT2D eigenvalue weighted by molar-refractivity contribution is 5.67. The largest absolute Gasteiger partial charge is 0.481 e. The lowest BCUT2D eigenvalue weighted by Crippen LogP contribution is -2.01. The lowest BCUT2D eigenvalue weighted by molar-refractivity contribution is -0.136. The number of aromatic nitrogens is 2. The molecule has 0 aliphatic carbocycles. The number of rotatable bonds is 5. The topological polar surface area (TPSA) is 55.1 Å². The van der Waals surface area contributed by atoms with Crippen LogP contribution >= 0.6 is 0 Å². The first-order chi connectivity index (χ1) is 9.08. The van der Waals surface area contributed by atoms with Crippen molar-refractivity contribution in [3.05, 3.63) is 42.4 Å². The summed E-state index contributed by atoms with van der Waals surface area (Å²) < 4.78 is 2.11. The Morgan fingerprint density at radius 1 is 1.42 bits per heavy atom. The molecule has 0 spiro atoms. The van der Waals surface area contributed by atoms with Crippen LogP contribution in [0.15, 0.2) is 36.8 Å². The van der Waals surface area contributed by atoms with Gasteiger partial charge in [-0.05, 0) is 31.9 Å². The Morgan fingerprint density at radius 3 is 2.89 bits per heavy atom. The van der Waals surface area contributed by atoms with Crippen molar-refractivity contribution in [1.82, 2.24) is 9.55 Å². The van der Waals surface area contributed by atoms with Crippen molar-refractivity contribution in [3.8, 4) is 11.3 Å². The molecule has 0 radical (unpaired) electrons. The fraction of sp³-hybridized carbons (Fsp3) is 0.333. The van der Waals surface area contributed by atoms with Crippen LogP contribution in [0.4, 0.5) is 0 Å². The minimum absolute atomic E-state index is 0.160. The van der Waals surface area contributed by atoms with E-state index in [0.717, 1.165) is 16.8 Å². The molecule has 2 aromatic rings. The predicted octanol–water partition coefficient (Wildman–Crippen LogP) is 3.15. The zero-order chi connectivity index (χ0) is 13.8. The van der Waals surface area contributed by atoms with E-state index in [0.29, 0.717) is 12.5 Å². The SMILES string of the molecule is CC(C)n1cncc1-c1cccc(CCC(=O)O)c1. The van der Waals surface area contributed by atoms with Gasteiger partial charge in [0.2, 0.25) is 0 Å². The number of carbonyl (C=O) groups is 1. The van der Waals surface area contributed by atoms with Crippen LogP contribution in [0.25, 0.3) is 11.3 Å². The molecule has 4 nitrogen and oxygen atoms in total. The van der Waals surface area contributed by atoms with E-state index < -0.39 is 5.97 Å². The summed E-state index contributed by atoms with van der Waals surface area (Å²) in [7, 11) is 0. The van der Waals surface area contributed by atoms with Gasteiger partial charge in [-0.3, -0.25) is 4.79 Å². The Balaban J connectivity index is 2.27. The fourth-order valence-corrected chi connectivity index (χ4v) is 2.08. The number of carboxylic acid groups (broad SMARTS) is 1. The molecule has 1 aromatic heterocycles. The van der Waals surface area contributed by atoms with Crippen LogP contribution in [0.2, 0.25) is 0 Å². The average Bonchev–Trinajstić information content (AvgIpc) is 2.86. The molecule has 19 heavy (non-hydrogen) atoms. The third-order valence-corrected chi connectivity index (χ3v) is 3.07. The van der Waals surface area contributed by atoms with E-state index in [1.807, 2.05) is 36.8 Å². The minimum atomic E-state index is -0.766. The van der Waals surface area contributed by atoms with Gasteiger partial charge in [0.25, 0.3) is 0 Å². The third kappa shape index (κ3) is 3.22. The maximum atomic E-state index is 10.6. The number of hydrogen-bond donors (Lipinski definition) is 1. The van der Waals surface area contributed by atoms with Crippen molar-refractivity contribution in [2.75, 3.05) is 0 Å². The van der Waals surface area contributed by atoms with Crippen LogP contribution in [0.3, 0.4) is 0 Å². The van der Waals surface area contributed by atoms with Crippen LogP contribution in [0.5, 0.6) is 0 Å². The van der Waals surface area contributed by atoms with E-state index >= 15 is 0 Å². The predicted molar refractivity (Wildman–Crippen MR) is 74.0 cm³/mol. The summed E-state index contributed by atoms with van der Waals surface area (Å²) in [6, 6.07) is 8.34. The summed E-state index contributed by atoms with van der Waals surface area (Å²) in [6.45, 7) is 4.22. The van der Waals surface area contributed by atoms with Gasteiger partial charge in [0.15, 0.2) is 0 Å². The van der Waals surface area contributed by atoms with Crippen LogP contribution in [0.1, 0.15) is 31.9 Å². The average molecular weight is 258 g/mol. The molecule has 1 aromatic carbocycles. The van der Waals surface area contributed by atoms with Gasteiger partial charge in [-0.1, -0.05) is 18.2 Å². The number of imidazole rings is 1. The van der Waals surface area contributed by atoms with Crippen LogP contribution in [-0.2, 0) is 11.2 Å². The van der Waals surface area contributed by atoms with Crippen molar-refractivity contribution in [2.45, 2.75) is 32.7 Å². The first kappa shape index (κ1) is 13.3. The van der Waals surface area contributed by atoms with Crippen molar-refractivity contribution < 1.29 is 9.90 Å². The molecule has 100 valence electrons. The zero-order valence-corrected chi connectivity index (χ0v) is 11.2. The standard InChI is InChI=1S/C15H18N2O2/c1-11(2)17-10-16-9-14(17)13-5-3-4-12(8-13)6-7-15(18)19/h3-5,8-11H,6-7H2,1-2H3,(H,18,19). The summed E-state index contributed by atoms with van der Waals surface area (Å²) in [5.74, 6) is -0.766.